The van der Waals surface area contributed by atoms with Gasteiger partial charge in [0.05, 0.1) is 139 Å². The van der Waals surface area contributed by atoms with Gasteiger partial charge in [-0.1, -0.05) is 77.6 Å². The Hall–Kier alpha value is -1.01. The summed E-state index contributed by atoms with van der Waals surface area (Å²) in [6, 6.07) is 0. The Morgan fingerprint density at radius 3 is 0.981 bits per heavy atom. The predicted octanol–water partition coefficient (Wildman–Crippen LogP) is 4.14. The second-order valence-corrected chi connectivity index (χ2v) is 12.3. The molecule has 0 aliphatic carbocycles. The van der Waals surface area contributed by atoms with Gasteiger partial charge >= 0.3 is 5.97 Å². The average molecular weight is 757 g/mol. The minimum Gasteiger partial charge on any atom is -0.463 e. The molecule has 1 unspecified atom stereocenters. The molecule has 0 heterocycles. The highest BCUT2D eigenvalue weighted by atomic mass is 16.6. The van der Waals surface area contributed by atoms with Crippen LogP contribution in [0.25, 0.3) is 0 Å². The van der Waals surface area contributed by atoms with Gasteiger partial charge in [-0.2, -0.15) is 0 Å². The van der Waals surface area contributed by atoms with Crippen LogP contribution < -0.4 is 0 Å². The number of aliphatic hydroxyl groups excluding tert-OH is 2. The summed E-state index contributed by atoms with van der Waals surface area (Å²) in [7, 11) is 0. The lowest BCUT2D eigenvalue weighted by atomic mass is 10.1. The lowest BCUT2D eigenvalue weighted by molar-refractivity contribution is -0.148. The Labute approximate surface area is 314 Å². The zero-order valence-electron chi connectivity index (χ0n) is 32.6. The highest BCUT2D eigenvalue weighted by Crippen LogP contribution is 2.12. The van der Waals surface area contributed by atoms with Crippen molar-refractivity contribution in [2.45, 2.75) is 96.5 Å². The number of esters is 1. The van der Waals surface area contributed by atoms with E-state index in [2.05, 4.69) is 6.92 Å². The van der Waals surface area contributed by atoms with Gasteiger partial charge in [0.1, 0.15) is 12.7 Å². The summed E-state index contributed by atoms with van der Waals surface area (Å²) in [5.41, 5.74) is 0. The number of rotatable bonds is 46. The molecule has 0 spiro atoms. The van der Waals surface area contributed by atoms with E-state index in [0.717, 1.165) is 13.0 Å². The van der Waals surface area contributed by atoms with Crippen LogP contribution in [0.4, 0.5) is 0 Å². The SMILES string of the molecule is CCCCCCCCCCCCCCOCCOCCOCCOCCOCCOCCOCCOCCOCCOCCC(=O)OCC(O)CO. The van der Waals surface area contributed by atoms with Gasteiger partial charge in [0.2, 0.25) is 0 Å². The summed E-state index contributed by atoms with van der Waals surface area (Å²) in [5, 5.41) is 17.8. The molecule has 0 radical (unpaired) electrons. The number of carbonyl (C=O) groups is 1. The van der Waals surface area contributed by atoms with Crippen LogP contribution in [0.5, 0.6) is 0 Å². The fourth-order valence-electron chi connectivity index (χ4n) is 4.60. The van der Waals surface area contributed by atoms with Gasteiger partial charge in [-0.15, -0.1) is 0 Å². The lowest BCUT2D eigenvalue weighted by Crippen LogP contribution is -2.22. The average Bonchev–Trinajstić information content (AvgIpc) is 3.15. The zero-order valence-corrected chi connectivity index (χ0v) is 32.6. The lowest BCUT2D eigenvalue weighted by Gasteiger charge is -2.09. The molecular weight excluding hydrogens is 680 g/mol. The number of ether oxygens (including phenoxy) is 11. The molecule has 0 fully saturated rings. The first-order valence-electron chi connectivity index (χ1n) is 19.9. The van der Waals surface area contributed by atoms with Crippen molar-refractivity contribution < 1.29 is 67.1 Å². The van der Waals surface area contributed by atoms with Crippen molar-refractivity contribution in [2.75, 3.05) is 145 Å². The second-order valence-electron chi connectivity index (χ2n) is 12.3. The van der Waals surface area contributed by atoms with Gasteiger partial charge in [-0.05, 0) is 6.42 Å². The van der Waals surface area contributed by atoms with E-state index in [4.69, 9.17) is 62.3 Å². The first-order chi connectivity index (χ1) is 25.7. The molecule has 0 saturated heterocycles. The van der Waals surface area contributed by atoms with Crippen molar-refractivity contribution in [3.05, 3.63) is 0 Å². The minimum absolute atomic E-state index is 0.0702. The molecule has 0 aromatic heterocycles. The van der Waals surface area contributed by atoms with Gasteiger partial charge in [-0.3, -0.25) is 4.79 Å². The smallest absolute Gasteiger partial charge is 0.308 e. The maximum atomic E-state index is 11.4. The summed E-state index contributed by atoms with van der Waals surface area (Å²) < 4.78 is 59.6. The molecule has 0 aliphatic heterocycles. The number of hydrogen-bond donors (Lipinski definition) is 2. The van der Waals surface area contributed by atoms with Crippen LogP contribution in [0, 0.1) is 0 Å². The van der Waals surface area contributed by atoms with Crippen LogP contribution in [0.1, 0.15) is 90.4 Å². The van der Waals surface area contributed by atoms with Crippen LogP contribution in [0.3, 0.4) is 0 Å². The molecule has 14 heteroatoms. The summed E-state index contributed by atoms with van der Waals surface area (Å²) in [6.45, 7) is 11.5. The molecule has 2 N–H and O–H groups in total. The molecule has 0 amide bonds. The number of unbranched alkanes of at least 4 members (excludes halogenated alkanes) is 11. The highest BCUT2D eigenvalue weighted by Gasteiger charge is 2.07. The van der Waals surface area contributed by atoms with E-state index in [1.54, 1.807) is 0 Å². The number of aliphatic hydroxyl groups is 2. The van der Waals surface area contributed by atoms with Crippen molar-refractivity contribution >= 4 is 5.97 Å². The Balaban J connectivity index is 3.09. The Morgan fingerprint density at radius 1 is 0.404 bits per heavy atom. The van der Waals surface area contributed by atoms with E-state index in [1.165, 1.54) is 70.6 Å². The summed E-state index contributed by atoms with van der Waals surface area (Å²) in [4.78, 5) is 11.4. The molecule has 0 rings (SSSR count). The quantitative estimate of drug-likeness (QED) is 0.0674. The van der Waals surface area contributed by atoms with Gasteiger partial charge in [0.25, 0.3) is 0 Å². The van der Waals surface area contributed by atoms with Crippen molar-refractivity contribution in [1.29, 1.82) is 0 Å². The largest absolute Gasteiger partial charge is 0.463 e. The molecule has 312 valence electrons. The molecule has 52 heavy (non-hydrogen) atoms. The molecule has 14 nitrogen and oxygen atoms in total. The fourth-order valence-corrected chi connectivity index (χ4v) is 4.60. The number of carbonyl (C=O) groups excluding carboxylic acids is 1. The molecule has 0 aliphatic rings. The molecule has 0 aromatic rings. The first-order valence-corrected chi connectivity index (χ1v) is 19.9. The summed E-state index contributed by atoms with van der Waals surface area (Å²) in [5.74, 6) is -0.492. The van der Waals surface area contributed by atoms with Crippen LogP contribution in [0.2, 0.25) is 0 Å². The highest BCUT2D eigenvalue weighted by molar-refractivity contribution is 5.69. The molecular formula is C38H76O14. The van der Waals surface area contributed by atoms with Crippen LogP contribution in [0.15, 0.2) is 0 Å². The zero-order chi connectivity index (χ0) is 37.7. The summed E-state index contributed by atoms with van der Waals surface area (Å²) >= 11 is 0. The monoisotopic (exact) mass is 757 g/mol. The minimum atomic E-state index is -1.06. The molecule has 1 atom stereocenters. The van der Waals surface area contributed by atoms with E-state index < -0.39 is 18.7 Å². The van der Waals surface area contributed by atoms with Gasteiger partial charge in [-0.25, -0.2) is 0 Å². The van der Waals surface area contributed by atoms with Crippen LogP contribution in [-0.4, -0.2) is 168 Å². The molecule has 0 saturated carbocycles. The predicted molar refractivity (Wildman–Crippen MR) is 198 cm³/mol. The standard InChI is InChI=1S/C38H76O14/c1-2-3-4-5-6-7-8-9-10-11-12-13-15-42-17-19-44-21-23-46-25-27-48-29-31-50-33-34-51-32-30-49-28-26-47-24-22-45-20-18-43-16-14-38(41)52-36-37(40)35-39/h37,39-40H,2-36H2,1H3. The van der Waals surface area contributed by atoms with Crippen LogP contribution in [-0.2, 0) is 56.9 Å². The van der Waals surface area contributed by atoms with E-state index >= 15 is 0 Å². The Morgan fingerprint density at radius 2 is 0.673 bits per heavy atom. The van der Waals surface area contributed by atoms with Crippen LogP contribution >= 0.6 is 0 Å². The Kier molecular flexibility index (Phi) is 45.2. The first kappa shape index (κ1) is 51.0. The topological polar surface area (TPSA) is 159 Å². The Bertz CT molecular complexity index is 676. The maximum absolute atomic E-state index is 11.4. The maximum Gasteiger partial charge on any atom is 0.308 e. The van der Waals surface area contributed by atoms with Gasteiger partial charge in [0.15, 0.2) is 0 Å². The fraction of sp³-hybridized carbons (Fsp3) is 0.974. The van der Waals surface area contributed by atoms with Crippen molar-refractivity contribution in [1.82, 2.24) is 0 Å². The van der Waals surface area contributed by atoms with E-state index in [-0.39, 0.29) is 19.6 Å². The van der Waals surface area contributed by atoms with E-state index in [9.17, 15) is 4.79 Å². The van der Waals surface area contributed by atoms with Crippen molar-refractivity contribution in [3.8, 4) is 0 Å². The van der Waals surface area contributed by atoms with Crippen molar-refractivity contribution in [2.24, 2.45) is 0 Å². The summed E-state index contributed by atoms with van der Waals surface area (Å²) in [6.07, 6.45) is 15.3. The second kappa shape index (κ2) is 46.1. The third-order valence-corrected chi connectivity index (χ3v) is 7.59. The van der Waals surface area contributed by atoms with Gasteiger partial charge < -0.3 is 62.3 Å². The van der Waals surface area contributed by atoms with E-state index in [0.29, 0.717) is 119 Å². The van der Waals surface area contributed by atoms with Gasteiger partial charge in [0, 0.05) is 6.61 Å². The molecule has 0 aromatic carbocycles. The van der Waals surface area contributed by atoms with E-state index in [1.807, 2.05) is 0 Å². The normalized spacial score (nSPS) is 12.1. The van der Waals surface area contributed by atoms with Crippen molar-refractivity contribution in [3.63, 3.8) is 0 Å². The number of hydrogen-bond acceptors (Lipinski definition) is 14. The molecule has 0 bridgehead atoms. The third kappa shape index (κ3) is 45.1. The third-order valence-electron chi connectivity index (χ3n) is 7.59.